The highest BCUT2D eigenvalue weighted by Gasteiger charge is 2.31. The predicted octanol–water partition coefficient (Wildman–Crippen LogP) is 2.87. The maximum absolute atomic E-state index is 13.0. The SMILES string of the molecule is CCOC(=O)C1CCN(C(=O)C(C)Sc2nc3ccccc3c3nc(C)nn23)CC1. The van der Waals surface area contributed by atoms with Crippen molar-refractivity contribution in [2.24, 2.45) is 5.92 Å². The number of para-hydroxylation sites is 1. The summed E-state index contributed by atoms with van der Waals surface area (Å²) < 4.78 is 6.83. The third kappa shape index (κ3) is 3.98. The number of amides is 1. The zero-order valence-electron chi connectivity index (χ0n) is 17.4. The third-order valence-corrected chi connectivity index (χ3v) is 6.34. The zero-order chi connectivity index (χ0) is 21.3. The molecule has 8 nitrogen and oxygen atoms in total. The number of likely N-dealkylation sites (tertiary alicyclic amines) is 1. The fourth-order valence-electron chi connectivity index (χ4n) is 3.77. The second-order valence-electron chi connectivity index (χ2n) is 7.42. The van der Waals surface area contributed by atoms with E-state index in [1.54, 1.807) is 4.52 Å². The summed E-state index contributed by atoms with van der Waals surface area (Å²) in [6.07, 6.45) is 1.28. The molecule has 1 amide bonds. The van der Waals surface area contributed by atoms with Crippen LogP contribution < -0.4 is 0 Å². The first kappa shape index (κ1) is 20.6. The zero-order valence-corrected chi connectivity index (χ0v) is 18.2. The molecule has 3 heterocycles. The average molecular weight is 428 g/mol. The minimum Gasteiger partial charge on any atom is -0.466 e. The highest BCUT2D eigenvalue weighted by atomic mass is 32.2. The van der Waals surface area contributed by atoms with Crippen LogP contribution in [0.4, 0.5) is 0 Å². The summed E-state index contributed by atoms with van der Waals surface area (Å²) >= 11 is 1.38. The molecule has 4 rings (SSSR count). The Morgan fingerprint density at radius 3 is 2.70 bits per heavy atom. The van der Waals surface area contributed by atoms with Gasteiger partial charge < -0.3 is 9.64 Å². The van der Waals surface area contributed by atoms with E-state index in [0.717, 1.165) is 16.6 Å². The molecular weight excluding hydrogens is 402 g/mol. The molecule has 0 radical (unpaired) electrons. The van der Waals surface area contributed by atoms with Crippen LogP contribution in [0, 0.1) is 12.8 Å². The molecule has 2 aromatic heterocycles. The van der Waals surface area contributed by atoms with E-state index >= 15 is 0 Å². The summed E-state index contributed by atoms with van der Waals surface area (Å²) in [5, 5.41) is 5.73. The quantitative estimate of drug-likeness (QED) is 0.351. The number of aryl methyl sites for hydroxylation is 1. The second kappa shape index (κ2) is 8.59. The van der Waals surface area contributed by atoms with Gasteiger partial charge in [0.15, 0.2) is 10.8 Å². The van der Waals surface area contributed by atoms with Gasteiger partial charge in [0.05, 0.1) is 23.3 Å². The Morgan fingerprint density at radius 2 is 1.97 bits per heavy atom. The number of aromatic nitrogens is 4. The van der Waals surface area contributed by atoms with Crippen molar-refractivity contribution in [1.82, 2.24) is 24.5 Å². The third-order valence-electron chi connectivity index (χ3n) is 5.31. The van der Waals surface area contributed by atoms with Crippen molar-refractivity contribution in [2.45, 2.75) is 44.0 Å². The van der Waals surface area contributed by atoms with Crippen LogP contribution in [0.3, 0.4) is 0 Å². The summed E-state index contributed by atoms with van der Waals surface area (Å²) in [6.45, 7) is 7.06. The largest absolute Gasteiger partial charge is 0.466 e. The molecule has 0 N–H and O–H groups in total. The Bertz CT molecular complexity index is 1090. The Hall–Kier alpha value is -2.68. The summed E-state index contributed by atoms with van der Waals surface area (Å²) in [6, 6.07) is 7.80. The van der Waals surface area contributed by atoms with Gasteiger partial charge in [-0.05, 0) is 45.7 Å². The van der Waals surface area contributed by atoms with Gasteiger partial charge in [-0.3, -0.25) is 9.59 Å². The molecule has 30 heavy (non-hydrogen) atoms. The first-order valence-electron chi connectivity index (χ1n) is 10.2. The number of ether oxygens (including phenoxy) is 1. The van der Waals surface area contributed by atoms with E-state index in [0.29, 0.717) is 43.5 Å². The minimum atomic E-state index is -0.328. The monoisotopic (exact) mass is 427 g/mol. The number of carbonyl (C=O) groups excluding carboxylic acids is 2. The first-order chi connectivity index (χ1) is 14.5. The highest BCUT2D eigenvalue weighted by molar-refractivity contribution is 8.00. The van der Waals surface area contributed by atoms with Crippen LogP contribution in [0.1, 0.15) is 32.5 Å². The molecule has 1 aliphatic heterocycles. The van der Waals surface area contributed by atoms with Crippen molar-refractivity contribution in [3.63, 3.8) is 0 Å². The van der Waals surface area contributed by atoms with Crippen LogP contribution in [0.2, 0.25) is 0 Å². The molecule has 1 unspecified atom stereocenters. The van der Waals surface area contributed by atoms with E-state index < -0.39 is 0 Å². The molecule has 0 aliphatic carbocycles. The van der Waals surface area contributed by atoms with Crippen LogP contribution in [0.15, 0.2) is 29.4 Å². The molecule has 0 spiro atoms. The van der Waals surface area contributed by atoms with Gasteiger partial charge in [-0.2, -0.15) is 4.52 Å². The summed E-state index contributed by atoms with van der Waals surface area (Å²) in [5.74, 6) is 0.436. The normalized spacial score (nSPS) is 16.2. The van der Waals surface area contributed by atoms with Crippen LogP contribution in [0.25, 0.3) is 16.6 Å². The summed E-state index contributed by atoms with van der Waals surface area (Å²) in [5.41, 5.74) is 1.57. The molecule has 1 saturated heterocycles. The second-order valence-corrected chi connectivity index (χ2v) is 8.73. The maximum atomic E-state index is 13.0. The predicted molar refractivity (Wildman–Crippen MR) is 114 cm³/mol. The number of carbonyl (C=O) groups is 2. The van der Waals surface area contributed by atoms with Crippen molar-refractivity contribution in [3.8, 4) is 0 Å². The lowest BCUT2D eigenvalue weighted by molar-refractivity contribution is -0.151. The van der Waals surface area contributed by atoms with Crippen molar-refractivity contribution >= 4 is 40.2 Å². The van der Waals surface area contributed by atoms with E-state index in [2.05, 4.69) is 10.1 Å². The van der Waals surface area contributed by atoms with Gasteiger partial charge in [0.2, 0.25) is 5.91 Å². The van der Waals surface area contributed by atoms with Crippen molar-refractivity contribution in [3.05, 3.63) is 30.1 Å². The average Bonchev–Trinajstić information content (AvgIpc) is 3.15. The van der Waals surface area contributed by atoms with Gasteiger partial charge >= 0.3 is 5.97 Å². The van der Waals surface area contributed by atoms with Crippen LogP contribution in [-0.2, 0) is 14.3 Å². The Morgan fingerprint density at radius 1 is 1.23 bits per heavy atom. The van der Waals surface area contributed by atoms with E-state index in [1.165, 1.54) is 11.8 Å². The smallest absolute Gasteiger partial charge is 0.309 e. The molecule has 3 aromatic rings. The number of benzene rings is 1. The number of hydrogen-bond donors (Lipinski definition) is 0. The van der Waals surface area contributed by atoms with Crippen molar-refractivity contribution < 1.29 is 14.3 Å². The number of nitrogens with zero attached hydrogens (tertiary/aromatic N) is 5. The van der Waals surface area contributed by atoms with Crippen LogP contribution >= 0.6 is 11.8 Å². The topological polar surface area (TPSA) is 89.7 Å². The number of piperidine rings is 1. The number of hydrogen-bond acceptors (Lipinski definition) is 7. The van der Waals surface area contributed by atoms with Gasteiger partial charge in [0, 0.05) is 18.5 Å². The van der Waals surface area contributed by atoms with Crippen LogP contribution in [-0.4, -0.2) is 61.3 Å². The number of fused-ring (bicyclic) bond motifs is 3. The molecule has 0 saturated carbocycles. The number of thioether (sulfide) groups is 1. The lowest BCUT2D eigenvalue weighted by Crippen LogP contribution is -2.43. The van der Waals surface area contributed by atoms with E-state index in [-0.39, 0.29) is 23.0 Å². The minimum absolute atomic E-state index is 0.0438. The van der Waals surface area contributed by atoms with E-state index in [9.17, 15) is 9.59 Å². The lowest BCUT2D eigenvalue weighted by atomic mass is 9.97. The van der Waals surface area contributed by atoms with Gasteiger partial charge in [-0.25, -0.2) is 9.97 Å². The molecular formula is C21H25N5O3S. The Balaban J connectivity index is 1.50. The maximum Gasteiger partial charge on any atom is 0.309 e. The lowest BCUT2D eigenvalue weighted by Gasteiger charge is -2.32. The first-order valence-corrected chi connectivity index (χ1v) is 11.1. The number of esters is 1. The Labute approximate surface area is 179 Å². The molecule has 0 bridgehead atoms. The summed E-state index contributed by atoms with van der Waals surface area (Å²) in [4.78, 5) is 36.1. The molecule has 1 aliphatic rings. The van der Waals surface area contributed by atoms with Crippen molar-refractivity contribution in [1.29, 1.82) is 0 Å². The van der Waals surface area contributed by atoms with Gasteiger partial charge in [-0.15, -0.1) is 5.10 Å². The van der Waals surface area contributed by atoms with Gasteiger partial charge in [0.25, 0.3) is 0 Å². The Kier molecular flexibility index (Phi) is 5.90. The molecule has 1 atom stereocenters. The van der Waals surface area contributed by atoms with E-state index in [4.69, 9.17) is 9.72 Å². The molecule has 1 aromatic carbocycles. The fraction of sp³-hybridized carbons (Fsp3) is 0.476. The number of rotatable bonds is 5. The van der Waals surface area contributed by atoms with E-state index in [1.807, 2.05) is 49.9 Å². The molecule has 158 valence electrons. The van der Waals surface area contributed by atoms with Crippen LogP contribution in [0.5, 0.6) is 0 Å². The molecule has 9 heteroatoms. The fourth-order valence-corrected chi connectivity index (χ4v) is 4.72. The summed E-state index contributed by atoms with van der Waals surface area (Å²) in [7, 11) is 0. The van der Waals surface area contributed by atoms with Gasteiger partial charge in [0.1, 0.15) is 5.82 Å². The van der Waals surface area contributed by atoms with Crippen molar-refractivity contribution in [2.75, 3.05) is 19.7 Å². The standard InChI is InChI=1S/C21H25N5O3S/c1-4-29-20(28)15-9-11-25(12-10-15)19(27)13(2)30-21-23-17-8-6-5-7-16(17)18-22-14(3)24-26(18)21/h5-8,13,15H,4,9-12H2,1-3H3. The molecule has 1 fully saturated rings. The van der Waals surface area contributed by atoms with Gasteiger partial charge in [-0.1, -0.05) is 23.9 Å². The highest BCUT2D eigenvalue weighted by Crippen LogP contribution is 2.28.